The smallest absolute Gasteiger partial charge is 0.151 e. The molecular formula is C5H5N4P. The highest BCUT2D eigenvalue weighted by atomic mass is 31.0. The van der Waals surface area contributed by atoms with Gasteiger partial charge in [-0.05, 0) is 8.19 Å². The van der Waals surface area contributed by atoms with E-state index in [0.717, 1.165) is 19.0 Å². The lowest BCUT2D eigenvalue weighted by Crippen LogP contribution is -1.90. The third kappa shape index (κ3) is 0.660. The van der Waals surface area contributed by atoms with Crippen molar-refractivity contribution in [2.75, 3.05) is 5.73 Å². The summed E-state index contributed by atoms with van der Waals surface area (Å²) in [6.07, 6.45) is 1.47. The van der Waals surface area contributed by atoms with E-state index in [1.165, 1.54) is 6.33 Å². The first-order valence-corrected chi connectivity index (χ1v) is 3.74. The van der Waals surface area contributed by atoms with Crippen molar-refractivity contribution in [3.8, 4) is 0 Å². The minimum Gasteiger partial charge on any atom is -0.382 e. The van der Waals surface area contributed by atoms with E-state index in [0.29, 0.717) is 5.82 Å². The van der Waals surface area contributed by atoms with Gasteiger partial charge in [-0.25, -0.2) is 9.97 Å². The number of nitrogen functional groups attached to an aromatic ring is 1. The number of nitrogens with one attached hydrogen (secondary N) is 1. The van der Waals surface area contributed by atoms with Gasteiger partial charge in [-0.2, -0.15) is 0 Å². The maximum absolute atomic E-state index is 5.53. The van der Waals surface area contributed by atoms with E-state index >= 15 is 0 Å². The second-order valence-corrected chi connectivity index (χ2v) is 2.80. The predicted octanol–water partition coefficient (Wildman–Crippen LogP) is 1.12. The van der Waals surface area contributed by atoms with Crippen LogP contribution in [0.1, 0.15) is 0 Å². The highest BCUT2D eigenvalue weighted by Gasteiger charge is 1.98. The molecule has 0 atom stereocenters. The monoisotopic (exact) mass is 152 g/mol. The summed E-state index contributed by atoms with van der Waals surface area (Å²) in [5.41, 5.74) is 6.38. The van der Waals surface area contributed by atoms with Crippen LogP contribution in [0.5, 0.6) is 0 Å². The molecule has 0 aliphatic rings. The third-order valence-corrected chi connectivity index (χ3v) is 2.09. The van der Waals surface area contributed by atoms with E-state index in [2.05, 4.69) is 15.0 Å². The Kier molecular flexibility index (Phi) is 1.08. The molecule has 2 aromatic heterocycles. The predicted molar refractivity (Wildman–Crippen MR) is 40.8 cm³/mol. The summed E-state index contributed by atoms with van der Waals surface area (Å²) in [6.45, 7) is 0. The third-order valence-electron chi connectivity index (χ3n) is 1.25. The Morgan fingerprint density at radius 2 is 2.40 bits per heavy atom. The number of nitrogens with two attached hydrogens (primary N) is 1. The molecule has 10 heavy (non-hydrogen) atoms. The van der Waals surface area contributed by atoms with Crippen LogP contribution >= 0.6 is 8.19 Å². The summed E-state index contributed by atoms with van der Waals surface area (Å²) in [5.74, 6) is 2.40. The Morgan fingerprint density at radius 1 is 1.50 bits per heavy atom. The summed E-state index contributed by atoms with van der Waals surface area (Å²) in [4.78, 5) is 10.8. The Bertz CT molecular complexity index is 355. The van der Waals surface area contributed by atoms with Crippen molar-refractivity contribution in [1.29, 1.82) is 0 Å². The van der Waals surface area contributed by atoms with Crippen LogP contribution in [-0.4, -0.2) is 15.0 Å². The number of H-pyrrole nitrogens is 1. The normalized spacial score (nSPS) is 11.2. The summed E-state index contributed by atoms with van der Waals surface area (Å²) >= 11 is 0. The number of anilines is 1. The number of aromatic nitrogens is 3. The van der Waals surface area contributed by atoms with E-state index in [9.17, 15) is 0 Å². The number of hydrogen-bond acceptors (Lipinski definition) is 3. The van der Waals surface area contributed by atoms with E-state index < -0.39 is 0 Å². The van der Waals surface area contributed by atoms with Crippen LogP contribution in [-0.2, 0) is 0 Å². The molecule has 0 spiro atoms. The van der Waals surface area contributed by atoms with Crippen molar-refractivity contribution >= 4 is 24.8 Å². The second kappa shape index (κ2) is 1.92. The Balaban J connectivity index is 2.95. The fourth-order valence-corrected chi connectivity index (χ4v) is 1.53. The van der Waals surface area contributed by atoms with Gasteiger partial charge in [0, 0.05) is 5.93 Å². The van der Waals surface area contributed by atoms with Crippen molar-refractivity contribution in [3.05, 3.63) is 12.3 Å². The molecule has 0 aliphatic heterocycles. The van der Waals surface area contributed by atoms with Crippen LogP contribution in [0.4, 0.5) is 5.82 Å². The molecule has 0 fully saturated rings. The highest BCUT2D eigenvalue weighted by Crippen LogP contribution is 2.21. The van der Waals surface area contributed by atoms with Crippen molar-refractivity contribution in [2.24, 2.45) is 0 Å². The molecule has 0 radical (unpaired) electrons. The van der Waals surface area contributed by atoms with E-state index in [-0.39, 0.29) is 0 Å². The summed E-state index contributed by atoms with van der Waals surface area (Å²) in [5, 5.41) is 0.951. The molecular weight excluding hydrogens is 147 g/mol. The lowest BCUT2D eigenvalue weighted by molar-refractivity contribution is 1.23. The van der Waals surface area contributed by atoms with Gasteiger partial charge in [-0.15, -0.1) is 0 Å². The van der Waals surface area contributed by atoms with Gasteiger partial charge in [0.25, 0.3) is 0 Å². The molecule has 5 heteroatoms. The van der Waals surface area contributed by atoms with Gasteiger partial charge >= 0.3 is 0 Å². The molecule has 0 aliphatic carbocycles. The highest BCUT2D eigenvalue weighted by molar-refractivity contribution is 7.35. The van der Waals surface area contributed by atoms with Crippen molar-refractivity contribution in [3.63, 3.8) is 0 Å². The molecule has 0 saturated heterocycles. The first-order valence-electron chi connectivity index (χ1n) is 2.77. The van der Waals surface area contributed by atoms with E-state index in [1.54, 1.807) is 0 Å². The zero-order valence-corrected chi connectivity index (χ0v) is 5.97. The minimum atomic E-state index is 0.520. The van der Waals surface area contributed by atoms with Gasteiger partial charge in [-0.3, -0.25) is 0 Å². The van der Waals surface area contributed by atoms with Crippen LogP contribution in [0.2, 0.25) is 0 Å². The Labute approximate surface area is 58.6 Å². The Hall–Kier alpha value is -1.15. The van der Waals surface area contributed by atoms with Gasteiger partial charge in [0.15, 0.2) is 5.82 Å². The van der Waals surface area contributed by atoms with Crippen LogP contribution < -0.4 is 5.73 Å². The molecule has 2 heterocycles. The summed E-state index contributed by atoms with van der Waals surface area (Å²) < 4.78 is 0. The lowest BCUT2D eigenvalue weighted by Gasteiger charge is -1.90. The van der Waals surface area contributed by atoms with Crippen LogP contribution in [0.15, 0.2) is 12.3 Å². The zero-order valence-electron chi connectivity index (χ0n) is 5.07. The fourth-order valence-electron chi connectivity index (χ4n) is 0.784. The van der Waals surface area contributed by atoms with Crippen LogP contribution in [0, 0.1) is 0 Å². The molecule has 2 rings (SSSR count). The SMILES string of the molecule is Nc1ncnc2pc[nH]c12. The molecule has 2 aromatic rings. The van der Waals surface area contributed by atoms with Gasteiger partial charge in [0.2, 0.25) is 0 Å². The first-order chi connectivity index (χ1) is 4.88. The minimum absolute atomic E-state index is 0.520. The summed E-state index contributed by atoms with van der Waals surface area (Å²) in [7, 11) is 1.06. The molecule has 3 N–H and O–H groups in total. The lowest BCUT2D eigenvalue weighted by atomic mass is 10.5. The van der Waals surface area contributed by atoms with Crippen LogP contribution in [0.3, 0.4) is 0 Å². The standard InChI is InChI=1S/C5H5N4P/c6-4-3-5(8-1-7-4)10-2-9-3/h1-2,9H,(H2,6,7,8). The molecule has 0 aromatic carbocycles. The second-order valence-electron chi connectivity index (χ2n) is 1.86. The average Bonchev–Trinajstić information content (AvgIpc) is 2.36. The van der Waals surface area contributed by atoms with Crippen molar-refractivity contribution in [1.82, 2.24) is 15.0 Å². The van der Waals surface area contributed by atoms with Crippen molar-refractivity contribution in [2.45, 2.75) is 0 Å². The fraction of sp³-hybridized carbons (Fsp3) is 0. The number of aromatic amines is 1. The number of nitrogens with zero attached hydrogens (tertiary/aromatic N) is 2. The molecule has 0 unspecified atom stereocenters. The molecule has 50 valence electrons. The number of hydrogen-bond donors (Lipinski definition) is 2. The average molecular weight is 152 g/mol. The zero-order chi connectivity index (χ0) is 6.97. The van der Waals surface area contributed by atoms with E-state index in [4.69, 9.17) is 5.73 Å². The maximum Gasteiger partial charge on any atom is 0.151 e. The van der Waals surface area contributed by atoms with Crippen LogP contribution in [0.25, 0.3) is 10.8 Å². The molecule has 0 bridgehead atoms. The molecule has 0 saturated carbocycles. The van der Waals surface area contributed by atoms with Gasteiger partial charge in [-0.1, -0.05) is 0 Å². The van der Waals surface area contributed by atoms with Gasteiger partial charge in [0.1, 0.15) is 17.1 Å². The number of fused-ring (bicyclic) bond motifs is 1. The Morgan fingerprint density at radius 3 is 3.20 bits per heavy atom. The maximum atomic E-state index is 5.53. The summed E-state index contributed by atoms with van der Waals surface area (Å²) in [6, 6.07) is 0. The van der Waals surface area contributed by atoms with E-state index in [1.807, 2.05) is 5.93 Å². The quantitative estimate of drug-likeness (QED) is 0.594. The van der Waals surface area contributed by atoms with Gasteiger partial charge < -0.3 is 10.7 Å². The van der Waals surface area contributed by atoms with Gasteiger partial charge in [0.05, 0.1) is 0 Å². The topological polar surface area (TPSA) is 67.6 Å². The van der Waals surface area contributed by atoms with Crippen molar-refractivity contribution < 1.29 is 0 Å². The first kappa shape index (κ1) is 5.62. The largest absolute Gasteiger partial charge is 0.382 e. The molecule has 0 amide bonds. The number of rotatable bonds is 0. The molecule has 4 nitrogen and oxygen atoms in total.